The van der Waals surface area contributed by atoms with Gasteiger partial charge in [-0.15, -0.1) is 0 Å². The van der Waals surface area contributed by atoms with Gasteiger partial charge in [0.05, 0.1) is 6.61 Å². The molecule has 0 aromatic heterocycles. The van der Waals surface area contributed by atoms with Crippen LogP contribution in [-0.4, -0.2) is 44.5 Å². The summed E-state index contributed by atoms with van der Waals surface area (Å²) in [5.41, 5.74) is 5.73. The van der Waals surface area contributed by atoms with Gasteiger partial charge in [-0.05, 0) is 32.2 Å². The summed E-state index contributed by atoms with van der Waals surface area (Å²) in [6.45, 7) is 9.81. The Kier molecular flexibility index (Phi) is 33.7. The van der Waals surface area contributed by atoms with Crippen LogP contribution < -0.4 is 5.73 Å². The Labute approximate surface area is 234 Å². The van der Waals surface area contributed by atoms with Gasteiger partial charge in [-0.1, -0.05) is 149 Å². The summed E-state index contributed by atoms with van der Waals surface area (Å²) < 4.78 is 5.89. The molecule has 0 fully saturated rings. The summed E-state index contributed by atoms with van der Waals surface area (Å²) in [4.78, 5) is 6.07. The monoisotopic (exact) mass is 527 g/mol. The van der Waals surface area contributed by atoms with Crippen LogP contribution >= 0.6 is 0 Å². The Balaban J connectivity index is 3.44. The van der Waals surface area contributed by atoms with Crippen molar-refractivity contribution >= 4 is 0 Å². The average Bonchev–Trinajstić information content (AvgIpc) is 2.91. The number of nitrogens with two attached hydrogens (primary N) is 1. The van der Waals surface area contributed by atoms with Gasteiger partial charge in [0, 0.05) is 26.3 Å². The van der Waals surface area contributed by atoms with E-state index in [1.807, 2.05) is 0 Å². The van der Waals surface area contributed by atoms with E-state index in [4.69, 9.17) is 15.3 Å². The summed E-state index contributed by atoms with van der Waals surface area (Å²) in [5, 5.41) is 2.13. The van der Waals surface area contributed by atoms with E-state index in [0.717, 1.165) is 52.3 Å². The minimum atomic E-state index is 0.730. The first-order valence-electron chi connectivity index (χ1n) is 17.0. The van der Waals surface area contributed by atoms with E-state index in [0.29, 0.717) is 0 Å². The molecule has 0 atom stereocenters. The molecule has 0 spiro atoms. The maximum absolute atomic E-state index is 6.07. The van der Waals surface area contributed by atoms with E-state index < -0.39 is 0 Å². The second-order valence-corrected chi connectivity index (χ2v) is 11.3. The van der Waals surface area contributed by atoms with Crippen molar-refractivity contribution in [1.29, 1.82) is 0 Å². The van der Waals surface area contributed by atoms with Gasteiger partial charge in [0.15, 0.2) is 0 Å². The lowest BCUT2D eigenvalue weighted by molar-refractivity contribution is -0.162. The summed E-state index contributed by atoms with van der Waals surface area (Å²) in [6.07, 6.45) is 33.9. The largest absolute Gasteiger partial charge is 0.381 e. The van der Waals surface area contributed by atoms with Gasteiger partial charge in [0.25, 0.3) is 0 Å². The third kappa shape index (κ3) is 32.0. The fourth-order valence-electron chi connectivity index (χ4n) is 4.96. The third-order valence-electron chi connectivity index (χ3n) is 7.47. The van der Waals surface area contributed by atoms with Crippen molar-refractivity contribution in [2.75, 3.05) is 39.5 Å². The highest BCUT2D eigenvalue weighted by Gasteiger charge is 2.05. The highest BCUT2D eigenvalue weighted by atomic mass is 16.7. The van der Waals surface area contributed by atoms with Gasteiger partial charge >= 0.3 is 0 Å². The van der Waals surface area contributed by atoms with E-state index in [2.05, 4.69) is 18.9 Å². The molecule has 0 saturated carbocycles. The van der Waals surface area contributed by atoms with Crippen LogP contribution in [-0.2, 0) is 9.57 Å². The second-order valence-electron chi connectivity index (χ2n) is 11.3. The zero-order valence-electron chi connectivity index (χ0n) is 25.8. The normalized spacial score (nSPS) is 11.7. The zero-order valence-corrected chi connectivity index (χ0v) is 25.8. The first-order valence-corrected chi connectivity index (χ1v) is 17.0. The lowest BCUT2D eigenvalue weighted by Gasteiger charge is -2.21. The van der Waals surface area contributed by atoms with Crippen molar-refractivity contribution in [2.24, 2.45) is 5.73 Å². The quantitative estimate of drug-likeness (QED) is 0.0682. The second kappa shape index (κ2) is 33.9. The molecule has 0 radical (unpaired) electrons. The summed E-state index contributed by atoms with van der Waals surface area (Å²) in [7, 11) is 0. The van der Waals surface area contributed by atoms with Crippen molar-refractivity contribution in [3.63, 3.8) is 0 Å². The molecule has 0 aliphatic heterocycles. The van der Waals surface area contributed by atoms with Crippen LogP contribution in [0.1, 0.15) is 174 Å². The predicted molar refractivity (Wildman–Crippen MR) is 164 cm³/mol. The van der Waals surface area contributed by atoms with Gasteiger partial charge in [-0.25, -0.2) is 0 Å². The number of hydrogen-bond acceptors (Lipinski definition) is 4. The molecule has 0 heterocycles. The summed E-state index contributed by atoms with van der Waals surface area (Å²) in [6, 6.07) is 0. The first kappa shape index (κ1) is 36.8. The lowest BCUT2D eigenvalue weighted by atomic mass is 10.0. The molecule has 37 heavy (non-hydrogen) atoms. The van der Waals surface area contributed by atoms with Gasteiger partial charge in [0.2, 0.25) is 0 Å². The maximum Gasteiger partial charge on any atom is 0.0685 e. The number of rotatable bonds is 33. The Morgan fingerprint density at radius 2 is 0.757 bits per heavy atom. The van der Waals surface area contributed by atoms with E-state index in [9.17, 15) is 0 Å². The van der Waals surface area contributed by atoms with Crippen LogP contribution in [0.2, 0.25) is 0 Å². The van der Waals surface area contributed by atoms with Crippen molar-refractivity contribution < 1.29 is 9.57 Å². The van der Waals surface area contributed by atoms with Crippen LogP contribution in [0.4, 0.5) is 0 Å². The van der Waals surface area contributed by atoms with Crippen LogP contribution in [0.15, 0.2) is 0 Å². The Hall–Kier alpha value is -0.160. The summed E-state index contributed by atoms with van der Waals surface area (Å²) in [5.74, 6) is 0. The molecule has 0 aromatic carbocycles. The lowest BCUT2D eigenvalue weighted by Crippen LogP contribution is -2.29. The smallest absolute Gasteiger partial charge is 0.0685 e. The van der Waals surface area contributed by atoms with Gasteiger partial charge in [0.1, 0.15) is 0 Å². The molecule has 0 amide bonds. The SMILES string of the molecule is CCCCCCCCCCCCCCCOCCCN(CCCN)OCCCCCCCCCCCC. The van der Waals surface area contributed by atoms with Gasteiger partial charge < -0.3 is 10.5 Å². The van der Waals surface area contributed by atoms with E-state index in [1.165, 1.54) is 148 Å². The molecular formula is C33H70N2O2. The molecule has 0 bridgehead atoms. The van der Waals surface area contributed by atoms with Crippen molar-refractivity contribution in [2.45, 2.75) is 174 Å². The highest BCUT2D eigenvalue weighted by Crippen LogP contribution is 2.13. The zero-order chi connectivity index (χ0) is 26.9. The molecule has 224 valence electrons. The van der Waals surface area contributed by atoms with Crippen molar-refractivity contribution in [1.82, 2.24) is 5.06 Å². The summed E-state index contributed by atoms with van der Waals surface area (Å²) >= 11 is 0. The van der Waals surface area contributed by atoms with Gasteiger partial charge in [-0.3, -0.25) is 4.84 Å². The molecule has 0 aromatic rings. The Morgan fingerprint density at radius 3 is 1.19 bits per heavy atom. The molecule has 0 saturated heterocycles. The number of ether oxygens (including phenoxy) is 1. The molecule has 0 rings (SSSR count). The number of nitrogens with zero attached hydrogens (tertiary/aromatic N) is 1. The molecule has 2 N–H and O–H groups in total. The van der Waals surface area contributed by atoms with Crippen LogP contribution in [0.5, 0.6) is 0 Å². The average molecular weight is 527 g/mol. The maximum atomic E-state index is 6.07. The highest BCUT2D eigenvalue weighted by molar-refractivity contribution is 4.52. The topological polar surface area (TPSA) is 47.7 Å². The fraction of sp³-hybridized carbons (Fsp3) is 1.00. The number of hydrogen-bond donors (Lipinski definition) is 1. The molecular weight excluding hydrogens is 456 g/mol. The molecule has 0 unspecified atom stereocenters. The minimum absolute atomic E-state index is 0.730. The van der Waals surface area contributed by atoms with Crippen molar-refractivity contribution in [3.05, 3.63) is 0 Å². The van der Waals surface area contributed by atoms with Crippen LogP contribution in [0.25, 0.3) is 0 Å². The van der Waals surface area contributed by atoms with E-state index in [1.54, 1.807) is 0 Å². The van der Waals surface area contributed by atoms with E-state index in [-0.39, 0.29) is 0 Å². The van der Waals surface area contributed by atoms with Crippen LogP contribution in [0, 0.1) is 0 Å². The Morgan fingerprint density at radius 1 is 0.405 bits per heavy atom. The molecule has 0 aliphatic carbocycles. The molecule has 0 aliphatic rings. The van der Waals surface area contributed by atoms with Crippen molar-refractivity contribution in [3.8, 4) is 0 Å². The number of hydroxylamine groups is 2. The molecule has 4 nitrogen and oxygen atoms in total. The minimum Gasteiger partial charge on any atom is -0.381 e. The Bertz CT molecular complexity index is 395. The molecule has 4 heteroatoms. The van der Waals surface area contributed by atoms with Gasteiger partial charge in [-0.2, -0.15) is 5.06 Å². The standard InChI is InChI=1S/C33H70N2O2/c1-3-5-7-9-11-13-15-16-17-18-20-22-24-31-36-32-27-30-35(29-26-28-34)37-33-25-23-21-19-14-12-10-8-6-4-2/h3-34H2,1-2H3. The number of unbranched alkanes of at least 4 members (excludes halogenated alkanes) is 21. The first-order chi connectivity index (χ1) is 18.3. The fourth-order valence-corrected chi connectivity index (χ4v) is 4.96. The van der Waals surface area contributed by atoms with Crippen LogP contribution in [0.3, 0.4) is 0 Å². The third-order valence-corrected chi connectivity index (χ3v) is 7.47. The van der Waals surface area contributed by atoms with E-state index >= 15 is 0 Å². The predicted octanol–water partition coefficient (Wildman–Crippen LogP) is 9.99.